The Balaban J connectivity index is 1.87. The number of halogens is 5. The van der Waals surface area contributed by atoms with Gasteiger partial charge in [-0.25, -0.2) is 9.67 Å². The van der Waals surface area contributed by atoms with Crippen molar-refractivity contribution in [3.63, 3.8) is 0 Å². The number of fused-ring (bicyclic) bond motifs is 1. The zero-order valence-electron chi connectivity index (χ0n) is 20.1. The molecule has 8 nitrogen and oxygen atoms in total. The zero-order chi connectivity index (χ0) is 28.2. The molecular weight excluding hydrogens is 535 g/mol. The van der Waals surface area contributed by atoms with Gasteiger partial charge in [0.15, 0.2) is 5.65 Å². The molecule has 202 valence electrons. The van der Waals surface area contributed by atoms with Crippen molar-refractivity contribution < 1.29 is 34.9 Å². The molecule has 14 heteroatoms. The lowest BCUT2D eigenvalue weighted by atomic mass is 10.0. The third-order valence-electron chi connectivity index (χ3n) is 6.02. The molecular formula is C24H21F5N4O4S. The first-order chi connectivity index (χ1) is 17.5. The highest BCUT2D eigenvalue weighted by Crippen LogP contribution is 2.38. The van der Waals surface area contributed by atoms with Gasteiger partial charge in [0.25, 0.3) is 21.6 Å². The number of H-pyrrole nitrogens is 1. The molecule has 0 aliphatic heterocycles. The fourth-order valence-corrected chi connectivity index (χ4v) is 4.90. The van der Waals surface area contributed by atoms with Crippen LogP contribution in [-0.2, 0) is 28.6 Å². The van der Waals surface area contributed by atoms with Gasteiger partial charge < -0.3 is 4.98 Å². The zero-order valence-corrected chi connectivity index (χ0v) is 21.0. The summed E-state index contributed by atoms with van der Waals surface area (Å²) in [6.07, 6.45) is -5.80. The predicted molar refractivity (Wildman–Crippen MR) is 127 cm³/mol. The van der Waals surface area contributed by atoms with E-state index in [4.69, 9.17) is 0 Å². The van der Waals surface area contributed by atoms with Gasteiger partial charge in [-0.05, 0) is 50.1 Å². The van der Waals surface area contributed by atoms with Gasteiger partial charge in [-0.15, -0.1) is 0 Å². The maximum atomic E-state index is 15.8. The first-order valence-corrected chi connectivity index (χ1v) is 12.5. The molecule has 2 aromatic heterocycles. The Labute approximate surface area is 212 Å². The molecule has 0 fully saturated rings. The molecule has 0 aliphatic carbocycles. The predicted octanol–water partition coefficient (Wildman–Crippen LogP) is 4.95. The van der Waals surface area contributed by atoms with Gasteiger partial charge in [-0.2, -0.15) is 35.5 Å². The Morgan fingerprint density at radius 1 is 1.05 bits per heavy atom. The first-order valence-electron chi connectivity index (χ1n) is 11.1. The van der Waals surface area contributed by atoms with E-state index in [1.54, 1.807) is 6.92 Å². The van der Waals surface area contributed by atoms with Gasteiger partial charge in [-0.1, -0.05) is 29.8 Å². The number of benzene rings is 2. The van der Waals surface area contributed by atoms with Crippen LogP contribution in [0.5, 0.6) is 0 Å². The van der Waals surface area contributed by atoms with Gasteiger partial charge in [0.05, 0.1) is 16.5 Å². The molecule has 0 saturated heterocycles. The standard InChI is InChI=1S/C24H21F5N4O4S/c1-12-4-9-18(38(35,36)37)16(10-12)11-23(25,26)20-19-21(30-14(3)31-22(19)34)33(32-20)13(2)15-5-7-17(8-6-15)24(27,28)29/h4-10,13H,11H2,1-3H3,(H,30,31,34)(H,35,36,37). The van der Waals surface area contributed by atoms with Gasteiger partial charge in [0, 0.05) is 6.42 Å². The van der Waals surface area contributed by atoms with Gasteiger partial charge >= 0.3 is 6.18 Å². The second-order valence-electron chi connectivity index (χ2n) is 8.91. The summed E-state index contributed by atoms with van der Waals surface area (Å²) in [4.78, 5) is 18.6. The van der Waals surface area contributed by atoms with Crippen molar-refractivity contribution in [3.8, 4) is 0 Å². The van der Waals surface area contributed by atoms with Crippen LogP contribution in [0.3, 0.4) is 0 Å². The Morgan fingerprint density at radius 3 is 2.26 bits per heavy atom. The SMILES string of the molecule is Cc1ccc(S(=O)(=O)O)c(CC(F)(F)c2nn(C(C)c3ccc(C(F)(F)F)cc3)c3nc(C)[nH]c(=O)c23)c1. The number of nitrogens with one attached hydrogen (secondary N) is 1. The van der Waals surface area contributed by atoms with Crippen LogP contribution >= 0.6 is 0 Å². The largest absolute Gasteiger partial charge is 0.416 e. The molecule has 4 rings (SSSR count). The molecule has 2 N–H and O–H groups in total. The molecule has 1 unspecified atom stereocenters. The molecule has 1 atom stereocenters. The van der Waals surface area contributed by atoms with Crippen molar-refractivity contribution in [2.75, 3.05) is 0 Å². The van der Waals surface area contributed by atoms with Crippen LogP contribution in [0, 0.1) is 13.8 Å². The van der Waals surface area contributed by atoms with E-state index in [-0.39, 0.29) is 17.0 Å². The summed E-state index contributed by atoms with van der Waals surface area (Å²) in [7, 11) is -4.84. The maximum Gasteiger partial charge on any atom is 0.416 e. The third kappa shape index (κ3) is 5.18. The van der Waals surface area contributed by atoms with E-state index in [0.29, 0.717) is 5.56 Å². The number of hydrogen-bond donors (Lipinski definition) is 2. The molecule has 0 bridgehead atoms. The fraction of sp³-hybridized carbons (Fsp3) is 0.292. The second-order valence-corrected chi connectivity index (χ2v) is 10.3. The minimum Gasteiger partial charge on any atom is -0.310 e. The second kappa shape index (κ2) is 9.27. The summed E-state index contributed by atoms with van der Waals surface area (Å²) in [6.45, 7) is 4.46. The summed E-state index contributed by atoms with van der Waals surface area (Å²) in [6, 6.07) is 6.61. The van der Waals surface area contributed by atoms with Crippen LogP contribution in [0.2, 0.25) is 0 Å². The molecule has 0 aliphatic rings. The van der Waals surface area contributed by atoms with Crippen LogP contribution in [-0.4, -0.2) is 32.7 Å². The van der Waals surface area contributed by atoms with Gasteiger partial charge in [-0.3, -0.25) is 9.35 Å². The quantitative estimate of drug-likeness (QED) is 0.257. The Hall–Kier alpha value is -3.65. The lowest BCUT2D eigenvalue weighted by molar-refractivity contribution is -0.137. The van der Waals surface area contributed by atoms with Crippen molar-refractivity contribution in [2.24, 2.45) is 0 Å². The van der Waals surface area contributed by atoms with Crippen molar-refractivity contribution >= 4 is 21.2 Å². The Bertz CT molecular complexity index is 1690. The number of rotatable bonds is 6. The number of aromatic amines is 1. The molecule has 2 aromatic carbocycles. The highest BCUT2D eigenvalue weighted by molar-refractivity contribution is 7.85. The monoisotopic (exact) mass is 556 g/mol. The van der Waals surface area contributed by atoms with Crippen LogP contribution in [0.15, 0.2) is 52.2 Å². The van der Waals surface area contributed by atoms with E-state index in [1.807, 2.05) is 0 Å². The number of aryl methyl sites for hydroxylation is 2. The van der Waals surface area contributed by atoms with E-state index in [2.05, 4.69) is 15.1 Å². The lowest BCUT2D eigenvalue weighted by Gasteiger charge is -2.17. The number of alkyl halides is 5. The van der Waals surface area contributed by atoms with Crippen LogP contribution in [0.1, 0.15) is 46.7 Å². The van der Waals surface area contributed by atoms with E-state index in [0.717, 1.165) is 22.9 Å². The summed E-state index contributed by atoms with van der Waals surface area (Å²) in [5.74, 6) is -3.83. The first kappa shape index (κ1) is 27.4. The minimum absolute atomic E-state index is 0.0884. The Kier molecular flexibility index (Phi) is 6.68. The molecule has 0 saturated carbocycles. The molecule has 0 spiro atoms. The maximum absolute atomic E-state index is 15.8. The van der Waals surface area contributed by atoms with Crippen molar-refractivity contribution in [2.45, 2.75) is 50.2 Å². The molecule has 0 radical (unpaired) electrons. The number of hydrogen-bond acceptors (Lipinski definition) is 5. The van der Waals surface area contributed by atoms with Crippen LogP contribution in [0.4, 0.5) is 22.0 Å². The smallest absolute Gasteiger partial charge is 0.310 e. The fourth-order valence-electron chi connectivity index (χ4n) is 4.19. The molecule has 2 heterocycles. The Morgan fingerprint density at radius 2 is 1.68 bits per heavy atom. The lowest BCUT2D eigenvalue weighted by Crippen LogP contribution is -2.22. The molecule has 4 aromatic rings. The highest BCUT2D eigenvalue weighted by atomic mass is 32.2. The number of aromatic nitrogens is 4. The van der Waals surface area contributed by atoms with E-state index >= 15 is 8.78 Å². The normalized spacial score (nSPS) is 13.7. The van der Waals surface area contributed by atoms with Gasteiger partial charge in [0.2, 0.25) is 0 Å². The van der Waals surface area contributed by atoms with Crippen molar-refractivity contribution in [1.29, 1.82) is 0 Å². The molecule has 0 amide bonds. The highest BCUT2D eigenvalue weighted by Gasteiger charge is 2.41. The minimum atomic E-state index is -4.84. The third-order valence-corrected chi connectivity index (χ3v) is 6.97. The van der Waals surface area contributed by atoms with E-state index < -0.39 is 67.3 Å². The van der Waals surface area contributed by atoms with Crippen molar-refractivity contribution in [3.05, 3.63) is 86.6 Å². The topological polar surface area (TPSA) is 118 Å². The summed E-state index contributed by atoms with van der Waals surface area (Å²) >= 11 is 0. The number of nitrogens with zero attached hydrogens (tertiary/aromatic N) is 3. The summed E-state index contributed by atoms with van der Waals surface area (Å²) in [5.41, 5.74) is -2.71. The average Bonchev–Trinajstić information content (AvgIpc) is 3.18. The average molecular weight is 557 g/mol. The van der Waals surface area contributed by atoms with Crippen molar-refractivity contribution in [1.82, 2.24) is 19.7 Å². The van der Waals surface area contributed by atoms with Gasteiger partial charge in [0.1, 0.15) is 16.9 Å². The summed E-state index contributed by atoms with van der Waals surface area (Å²) < 4.78 is 105. The van der Waals surface area contributed by atoms with E-state index in [9.17, 15) is 30.9 Å². The molecule has 38 heavy (non-hydrogen) atoms. The van der Waals surface area contributed by atoms with Crippen LogP contribution in [0.25, 0.3) is 11.0 Å². The van der Waals surface area contributed by atoms with Crippen LogP contribution < -0.4 is 5.56 Å². The summed E-state index contributed by atoms with van der Waals surface area (Å²) in [5, 5.41) is 3.42. The van der Waals surface area contributed by atoms with E-state index in [1.165, 1.54) is 38.1 Å².